The molecule has 2 aromatic rings. The highest BCUT2D eigenvalue weighted by molar-refractivity contribution is 6.32. The van der Waals surface area contributed by atoms with Crippen LogP contribution in [-0.4, -0.2) is 22.1 Å². The molecule has 6 heteroatoms. The van der Waals surface area contributed by atoms with Crippen LogP contribution in [0.3, 0.4) is 0 Å². The molecule has 1 aliphatic rings. The lowest BCUT2D eigenvalue weighted by molar-refractivity contribution is 0.415. The molecule has 1 heterocycles. The normalized spacial score (nSPS) is 14.7. The summed E-state index contributed by atoms with van der Waals surface area (Å²) in [5.74, 6) is 1.17. The van der Waals surface area contributed by atoms with Crippen molar-refractivity contribution >= 4 is 11.6 Å². The third-order valence-electron chi connectivity index (χ3n) is 3.32. The van der Waals surface area contributed by atoms with Crippen molar-refractivity contribution < 1.29 is 4.74 Å². The predicted molar refractivity (Wildman–Crippen MR) is 72.8 cm³/mol. The molecule has 0 radical (unpaired) electrons. The maximum Gasteiger partial charge on any atom is 0.137 e. The van der Waals surface area contributed by atoms with E-state index in [4.69, 9.17) is 22.1 Å². The van der Waals surface area contributed by atoms with Crippen molar-refractivity contribution in [3.63, 3.8) is 0 Å². The van der Waals surface area contributed by atoms with E-state index >= 15 is 0 Å². The highest BCUT2D eigenvalue weighted by Gasteiger charge is 2.31. The summed E-state index contributed by atoms with van der Waals surface area (Å²) >= 11 is 6.16. The van der Waals surface area contributed by atoms with E-state index in [0.717, 1.165) is 17.1 Å². The molecule has 0 atom stereocenters. The van der Waals surface area contributed by atoms with Crippen LogP contribution in [0.4, 0.5) is 0 Å². The lowest BCUT2D eigenvalue weighted by atomic mass is 10.2. The van der Waals surface area contributed by atoms with E-state index in [1.807, 2.05) is 22.9 Å². The maximum absolute atomic E-state index is 6.16. The Morgan fingerprint density at radius 3 is 2.84 bits per heavy atom. The van der Waals surface area contributed by atoms with Crippen LogP contribution in [0, 0.1) is 0 Å². The van der Waals surface area contributed by atoms with Crippen LogP contribution in [0.5, 0.6) is 5.75 Å². The zero-order chi connectivity index (χ0) is 13.4. The molecule has 100 valence electrons. The number of hydrogen-bond donors (Lipinski definition) is 1. The van der Waals surface area contributed by atoms with Crippen molar-refractivity contribution in [2.45, 2.75) is 25.3 Å². The second-order valence-corrected chi connectivity index (χ2v) is 5.04. The van der Waals surface area contributed by atoms with Gasteiger partial charge in [0.1, 0.15) is 11.4 Å². The van der Waals surface area contributed by atoms with Gasteiger partial charge in [-0.05, 0) is 31.0 Å². The molecule has 1 saturated carbocycles. The number of rotatable bonds is 4. The lowest BCUT2D eigenvalue weighted by Crippen LogP contribution is -2.05. The number of nitrogens with zero attached hydrogens (tertiary/aromatic N) is 3. The molecule has 2 N–H and O–H groups in total. The van der Waals surface area contributed by atoms with Gasteiger partial charge in [-0.15, -0.1) is 5.10 Å². The maximum atomic E-state index is 6.16. The van der Waals surface area contributed by atoms with Crippen molar-refractivity contribution in [2.24, 2.45) is 5.73 Å². The van der Waals surface area contributed by atoms with Crippen LogP contribution in [0.2, 0.25) is 5.02 Å². The van der Waals surface area contributed by atoms with Gasteiger partial charge in [0, 0.05) is 12.5 Å². The van der Waals surface area contributed by atoms with Gasteiger partial charge in [-0.1, -0.05) is 16.8 Å². The molecule has 3 rings (SSSR count). The Bertz CT molecular complexity index is 607. The van der Waals surface area contributed by atoms with E-state index in [-0.39, 0.29) is 0 Å². The number of ether oxygens (including phenoxy) is 1. The summed E-state index contributed by atoms with van der Waals surface area (Å²) in [6, 6.07) is 5.59. The third-order valence-corrected chi connectivity index (χ3v) is 3.61. The zero-order valence-corrected chi connectivity index (χ0v) is 11.4. The van der Waals surface area contributed by atoms with Gasteiger partial charge in [0.05, 0.1) is 23.5 Å². The van der Waals surface area contributed by atoms with E-state index in [1.54, 1.807) is 7.11 Å². The molecule has 1 aliphatic carbocycles. The largest absolute Gasteiger partial charge is 0.495 e. The average molecular weight is 279 g/mol. The Hall–Kier alpha value is -1.59. The van der Waals surface area contributed by atoms with Crippen LogP contribution in [0.15, 0.2) is 18.2 Å². The summed E-state index contributed by atoms with van der Waals surface area (Å²) in [6.07, 6.45) is 2.34. The molecule has 1 fully saturated rings. The summed E-state index contributed by atoms with van der Waals surface area (Å²) in [4.78, 5) is 0. The topological polar surface area (TPSA) is 66.0 Å². The third kappa shape index (κ3) is 2.19. The second-order valence-electron chi connectivity index (χ2n) is 4.63. The average Bonchev–Trinajstić information content (AvgIpc) is 3.17. The first-order valence-corrected chi connectivity index (χ1v) is 6.61. The number of hydrogen-bond acceptors (Lipinski definition) is 4. The molecular formula is C13H15ClN4O. The fourth-order valence-electron chi connectivity index (χ4n) is 2.21. The van der Waals surface area contributed by atoms with Crippen LogP contribution < -0.4 is 10.5 Å². The van der Waals surface area contributed by atoms with E-state index in [9.17, 15) is 0 Å². The van der Waals surface area contributed by atoms with Crippen LogP contribution in [0.1, 0.15) is 30.1 Å². The summed E-state index contributed by atoms with van der Waals surface area (Å²) < 4.78 is 6.99. The first-order valence-electron chi connectivity index (χ1n) is 6.23. The van der Waals surface area contributed by atoms with Gasteiger partial charge in [-0.2, -0.15) is 0 Å². The summed E-state index contributed by atoms with van der Waals surface area (Å²) in [7, 11) is 1.60. The molecule has 1 aromatic carbocycles. The van der Waals surface area contributed by atoms with Gasteiger partial charge in [0.2, 0.25) is 0 Å². The number of aromatic nitrogens is 3. The predicted octanol–water partition coefficient (Wildman–Crippen LogP) is 2.27. The quantitative estimate of drug-likeness (QED) is 0.932. The van der Waals surface area contributed by atoms with Gasteiger partial charge < -0.3 is 10.5 Å². The Labute approximate surface area is 116 Å². The fourth-order valence-corrected chi connectivity index (χ4v) is 2.46. The van der Waals surface area contributed by atoms with E-state index < -0.39 is 0 Å². The zero-order valence-electron chi connectivity index (χ0n) is 10.6. The monoisotopic (exact) mass is 278 g/mol. The fraction of sp³-hybridized carbons (Fsp3) is 0.385. The van der Waals surface area contributed by atoms with Crippen molar-refractivity contribution in [2.75, 3.05) is 7.11 Å². The molecule has 0 amide bonds. The first kappa shape index (κ1) is 12.4. The van der Waals surface area contributed by atoms with E-state index in [1.165, 1.54) is 12.8 Å². The molecular weight excluding hydrogens is 264 g/mol. The minimum atomic E-state index is 0.412. The lowest BCUT2D eigenvalue weighted by Gasteiger charge is -2.09. The standard InChI is InChI=1S/C13H15ClN4O/c1-19-12-5-4-9(6-10(12)14)18-13(8-2-3-8)11(7-15)16-17-18/h4-6,8H,2-3,7,15H2,1H3. The Kier molecular flexibility index (Phi) is 3.16. The van der Waals surface area contributed by atoms with Gasteiger partial charge in [-0.3, -0.25) is 0 Å². The highest BCUT2D eigenvalue weighted by atomic mass is 35.5. The molecule has 0 spiro atoms. The molecule has 5 nitrogen and oxygen atoms in total. The van der Waals surface area contributed by atoms with Gasteiger partial charge in [0.25, 0.3) is 0 Å². The number of benzene rings is 1. The smallest absolute Gasteiger partial charge is 0.137 e. The SMILES string of the molecule is COc1ccc(-n2nnc(CN)c2C2CC2)cc1Cl. The van der Waals surface area contributed by atoms with E-state index in [2.05, 4.69) is 10.3 Å². The van der Waals surface area contributed by atoms with Crippen molar-refractivity contribution in [1.29, 1.82) is 0 Å². The van der Waals surface area contributed by atoms with E-state index in [0.29, 0.717) is 23.2 Å². The van der Waals surface area contributed by atoms with Gasteiger partial charge >= 0.3 is 0 Å². The van der Waals surface area contributed by atoms with Gasteiger partial charge in [-0.25, -0.2) is 4.68 Å². The first-order chi connectivity index (χ1) is 9.24. The highest BCUT2D eigenvalue weighted by Crippen LogP contribution is 2.42. The van der Waals surface area contributed by atoms with Crippen LogP contribution >= 0.6 is 11.6 Å². The molecule has 0 bridgehead atoms. The molecule has 0 aliphatic heterocycles. The summed E-state index contributed by atoms with van der Waals surface area (Å²) in [5.41, 5.74) is 8.59. The summed E-state index contributed by atoms with van der Waals surface area (Å²) in [5, 5.41) is 8.92. The van der Waals surface area contributed by atoms with Crippen molar-refractivity contribution in [1.82, 2.24) is 15.0 Å². The molecule has 1 aromatic heterocycles. The number of nitrogens with two attached hydrogens (primary N) is 1. The Morgan fingerprint density at radius 1 is 1.47 bits per heavy atom. The minimum absolute atomic E-state index is 0.412. The number of methoxy groups -OCH3 is 1. The Morgan fingerprint density at radius 2 is 2.26 bits per heavy atom. The molecule has 0 unspecified atom stereocenters. The molecule has 19 heavy (non-hydrogen) atoms. The second kappa shape index (κ2) is 4.83. The van der Waals surface area contributed by atoms with Crippen molar-refractivity contribution in [3.8, 4) is 11.4 Å². The summed E-state index contributed by atoms with van der Waals surface area (Å²) in [6.45, 7) is 0.412. The van der Waals surface area contributed by atoms with Crippen LogP contribution in [-0.2, 0) is 6.54 Å². The van der Waals surface area contributed by atoms with Crippen LogP contribution in [0.25, 0.3) is 5.69 Å². The number of halogens is 1. The molecule has 0 saturated heterocycles. The van der Waals surface area contributed by atoms with Gasteiger partial charge in [0.15, 0.2) is 0 Å². The van der Waals surface area contributed by atoms with Crippen molar-refractivity contribution in [3.05, 3.63) is 34.6 Å². The minimum Gasteiger partial charge on any atom is -0.495 e. The Balaban J connectivity index is 2.06.